The monoisotopic (exact) mass is 381 g/mol. The van der Waals surface area contributed by atoms with Gasteiger partial charge in [0.1, 0.15) is 17.3 Å². The first-order valence-electron chi connectivity index (χ1n) is 9.06. The van der Waals surface area contributed by atoms with Gasteiger partial charge in [0.25, 0.3) is 11.8 Å². The van der Waals surface area contributed by atoms with Gasteiger partial charge in [-0.25, -0.2) is 4.39 Å². The predicted octanol–water partition coefficient (Wildman–Crippen LogP) is 2.91. The Bertz CT molecular complexity index is 1040. The fraction of sp³-hybridized carbons (Fsp3) is 0.238. The largest absolute Gasteiger partial charge is 0.497 e. The molecule has 0 saturated carbocycles. The van der Waals surface area contributed by atoms with E-state index < -0.39 is 5.82 Å². The second-order valence-corrected chi connectivity index (χ2v) is 6.73. The summed E-state index contributed by atoms with van der Waals surface area (Å²) in [5, 5.41) is 0.905. The van der Waals surface area contributed by atoms with Crippen LogP contribution in [0.25, 0.3) is 10.9 Å². The van der Waals surface area contributed by atoms with Crippen molar-refractivity contribution in [3.8, 4) is 5.75 Å². The SMILES string of the molecule is COc1ccc2[nH]c(C(=O)N3CCN(C(=O)c4cccc(F)c4)CC3)cc2c1. The van der Waals surface area contributed by atoms with E-state index in [0.29, 0.717) is 37.4 Å². The molecule has 1 N–H and O–H groups in total. The van der Waals surface area contributed by atoms with E-state index in [1.165, 1.54) is 18.2 Å². The lowest BCUT2D eigenvalue weighted by Crippen LogP contribution is -2.50. The first-order valence-corrected chi connectivity index (χ1v) is 9.06. The molecule has 2 amide bonds. The molecule has 1 saturated heterocycles. The molecular weight excluding hydrogens is 361 g/mol. The van der Waals surface area contributed by atoms with E-state index >= 15 is 0 Å². The number of amides is 2. The first-order chi connectivity index (χ1) is 13.5. The topological polar surface area (TPSA) is 65.6 Å². The molecule has 6 nitrogen and oxygen atoms in total. The van der Waals surface area contributed by atoms with Gasteiger partial charge in [0.15, 0.2) is 0 Å². The van der Waals surface area contributed by atoms with Gasteiger partial charge in [0.05, 0.1) is 7.11 Å². The Morgan fingerprint density at radius 1 is 0.964 bits per heavy atom. The molecule has 0 spiro atoms. The second-order valence-electron chi connectivity index (χ2n) is 6.73. The van der Waals surface area contributed by atoms with Crippen LogP contribution < -0.4 is 4.74 Å². The third-order valence-corrected chi connectivity index (χ3v) is 4.98. The van der Waals surface area contributed by atoms with Gasteiger partial charge in [-0.3, -0.25) is 9.59 Å². The van der Waals surface area contributed by atoms with E-state index in [1.54, 1.807) is 23.0 Å². The number of piperazine rings is 1. The molecule has 144 valence electrons. The fourth-order valence-electron chi connectivity index (χ4n) is 3.44. The van der Waals surface area contributed by atoms with Gasteiger partial charge in [-0.1, -0.05) is 6.07 Å². The van der Waals surface area contributed by atoms with Crippen molar-refractivity contribution in [3.05, 3.63) is 65.6 Å². The molecule has 1 aromatic heterocycles. The highest BCUT2D eigenvalue weighted by molar-refractivity contribution is 5.99. The van der Waals surface area contributed by atoms with Gasteiger partial charge in [-0.2, -0.15) is 0 Å². The maximum atomic E-state index is 13.4. The van der Waals surface area contributed by atoms with Crippen molar-refractivity contribution in [1.29, 1.82) is 0 Å². The smallest absolute Gasteiger partial charge is 0.270 e. The molecule has 1 aliphatic rings. The molecule has 0 bridgehead atoms. The molecule has 0 radical (unpaired) electrons. The fourth-order valence-corrected chi connectivity index (χ4v) is 3.44. The number of aromatic amines is 1. The summed E-state index contributed by atoms with van der Waals surface area (Å²) in [5.74, 6) is -0.0255. The van der Waals surface area contributed by atoms with E-state index in [0.717, 1.165) is 16.7 Å². The summed E-state index contributed by atoms with van der Waals surface area (Å²) in [7, 11) is 1.60. The van der Waals surface area contributed by atoms with E-state index in [4.69, 9.17) is 4.74 Å². The highest BCUT2D eigenvalue weighted by Crippen LogP contribution is 2.22. The van der Waals surface area contributed by atoms with Crippen LogP contribution in [0.15, 0.2) is 48.5 Å². The zero-order chi connectivity index (χ0) is 19.7. The third-order valence-electron chi connectivity index (χ3n) is 4.98. The van der Waals surface area contributed by atoms with Crippen LogP contribution in [0.1, 0.15) is 20.8 Å². The summed E-state index contributed by atoms with van der Waals surface area (Å²) < 4.78 is 18.6. The Labute approximate surface area is 161 Å². The number of methoxy groups -OCH3 is 1. The maximum absolute atomic E-state index is 13.4. The highest BCUT2D eigenvalue weighted by atomic mass is 19.1. The lowest BCUT2D eigenvalue weighted by molar-refractivity contribution is 0.0532. The minimum atomic E-state index is -0.435. The van der Waals surface area contributed by atoms with Crippen LogP contribution in [-0.2, 0) is 0 Å². The van der Waals surface area contributed by atoms with E-state index in [1.807, 2.05) is 24.3 Å². The summed E-state index contributed by atoms with van der Waals surface area (Å²) in [4.78, 5) is 31.8. The standard InChI is InChI=1S/C21H20FN3O3/c1-28-17-5-6-18-15(12-17)13-19(23-18)21(27)25-9-7-24(8-10-25)20(26)14-3-2-4-16(22)11-14/h2-6,11-13,23H,7-10H2,1H3. The lowest BCUT2D eigenvalue weighted by atomic mass is 10.1. The Kier molecular flexibility index (Phi) is 4.73. The minimum absolute atomic E-state index is 0.104. The van der Waals surface area contributed by atoms with Crippen molar-refractivity contribution < 1.29 is 18.7 Å². The molecule has 1 fully saturated rings. The summed E-state index contributed by atoms with van der Waals surface area (Å²) in [6.45, 7) is 1.68. The number of hydrogen-bond acceptors (Lipinski definition) is 3. The van der Waals surface area contributed by atoms with Crippen molar-refractivity contribution >= 4 is 22.7 Å². The van der Waals surface area contributed by atoms with Gasteiger partial charge < -0.3 is 19.5 Å². The Morgan fingerprint density at radius 3 is 2.36 bits per heavy atom. The number of carbonyl (C=O) groups is 2. The number of aromatic nitrogens is 1. The van der Waals surface area contributed by atoms with Crippen LogP contribution >= 0.6 is 0 Å². The molecule has 7 heteroatoms. The minimum Gasteiger partial charge on any atom is -0.497 e. The number of carbonyl (C=O) groups excluding carboxylic acids is 2. The summed E-state index contributed by atoms with van der Waals surface area (Å²) in [6.07, 6.45) is 0. The number of nitrogens with one attached hydrogen (secondary N) is 1. The first kappa shape index (κ1) is 18.0. The van der Waals surface area contributed by atoms with E-state index in [-0.39, 0.29) is 11.8 Å². The zero-order valence-corrected chi connectivity index (χ0v) is 15.4. The molecule has 0 unspecified atom stereocenters. The van der Waals surface area contributed by atoms with Crippen LogP contribution in [0.5, 0.6) is 5.75 Å². The van der Waals surface area contributed by atoms with Crippen LogP contribution in [-0.4, -0.2) is 59.9 Å². The number of fused-ring (bicyclic) bond motifs is 1. The molecule has 0 aliphatic carbocycles. The summed E-state index contributed by atoms with van der Waals surface area (Å²) in [6, 6.07) is 13.1. The van der Waals surface area contributed by atoms with Gasteiger partial charge >= 0.3 is 0 Å². The highest BCUT2D eigenvalue weighted by Gasteiger charge is 2.26. The van der Waals surface area contributed by atoms with Gasteiger partial charge in [0.2, 0.25) is 0 Å². The van der Waals surface area contributed by atoms with Crippen LogP contribution in [0.4, 0.5) is 4.39 Å². The molecule has 4 rings (SSSR count). The molecule has 28 heavy (non-hydrogen) atoms. The van der Waals surface area contributed by atoms with Crippen LogP contribution in [0.3, 0.4) is 0 Å². The Hall–Kier alpha value is -3.35. The van der Waals surface area contributed by atoms with Gasteiger partial charge in [-0.15, -0.1) is 0 Å². The number of halogens is 1. The van der Waals surface area contributed by atoms with Crippen LogP contribution in [0, 0.1) is 5.82 Å². The number of H-pyrrole nitrogens is 1. The van der Waals surface area contributed by atoms with Crippen molar-refractivity contribution in [3.63, 3.8) is 0 Å². The number of hydrogen-bond donors (Lipinski definition) is 1. The summed E-state index contributed by atoms with van der Waals surface area (Å²) >= 11 is 0. The Morgan fingerprint density at radius 2 is 1.68 bits per heavy atom. The Balaban J connectivity index is 1.43. The lowest BCUT2D eigenvalue weighted by Gasteiger charge is -2.34. The molecular formula is C21H20FN3O3. The average molecular weight is 381 g/mol. The van der Waals surface area contributed by atoms with Gasteiger partial charge in [-0.05, 0) is 42.5 Å². The second kappa shape index (κ2) is 7.34. The summed E-state index contributed by atoms with van der Waals surface area (Å²) in [5.41, 5.74) is 1.70. The molecule has 1 aliphatic heterocycles. The molecule has 3 aromatic rings. The van der Waals surface area contributed by atoms with E-state index in [2.05, 4.69) is 4.98 Å². The number of benzene rings is 2. The van der Waals surface area contributed by atoms with Gasteiger partial charge in [0, 0.05) is 42.6 Å². The van der Waals surface area contributed by atoms with Crippen molar-refractivity contribution in [2.45, 2.75) is 0 Å². The average Bonchev–Trinajstić information content (AvgIpc) is 3.16. The quantitative estimate of drug-likeness (QED) is 0.759. The zero-order valence-electron chi connectivity index (χ0n) is 15.4. The molecule has 2 aromatic carbocycles. The van der Waals surface area contributed by atoms with E-state index in [9.17, 15) is 14.0 Å². The van der Waals surface area contributed by atoms with Crippen molar-refractivity contribution in [1.82, 2.24) is 14.8 Å². The molecule has 0 atom stereocenters. The number of ether oxygens (including phenoxy) is 1. The van der Waals surface area contributed by atoms with Crippen LogP contribution in [0.2, 0.25) is 0 Å². The number of rotatable bonds is 3. The number of nitrogens with zero attached hydrogens (tertiary/aromatic N) is 2. The molecule has 2 heterocycles. The predicted molar refractivity (Wildman–Crippen MR) is 103 cm³/mol. The third kappa shape index (κ3) is 3.43. The normalized spacial score (nSPS) is 14.4. The maximum Gasteiger partial charge on any atom is 0.270 e. The van der Waals surface area contributed by atoms with Crippen molar-refractivity contribution in [2.75, 3.05) is 33.3 Å². The van der Waals surface area contributed by atoms with Crippen molar-refractivity contribution in [2.24, 2.45) is 0 Å².